The molecule has 0 atom stereocenters. The van der Waals surface area contributed by atoms with Crippen molar-refractivity contribution >= 4 is 33.3 Å². The van der Waals surface area contributed by atoms with E-state index in [1.807, 2.05) is 0 Å². The van der Waals surface area contributed by atoms with E-state index >= 15 is 0 Å². The van der Waals surface area contributed by atoms with Crippen LogP contribution >= 0.6 is 11.3 Å². The molecule has 0 radical (unpaired) electrons. The molecule has 0 unspecified atom stereocenters. The van der Waals surface area contributed by atoms with Crippen molar-refractivity contribution < 1.29 is 19.8 Å². The van der Waals surface area contributed by atoms with Gasteiger partial charge in [-0.3, -0.25) is 9.59 Å². The minimum atomic E-state index is -1.16. The topological polar surface area (TPSA) is 99.5 Å². The molecule has 7 heteroatoms. The molecule has 94 valence electrons. The van der Waals surface area contributed by atoms with E-state index in [-0.39, 0.29) is 11.4 Å². The Hall–Kier alpha value is -2.15. The number of aromatic hydroxyl groups is 1. The van der Waals surface area contributed by atoms with Crippen LogP contribution in [-0.2, 0) is 4.79 Å². The van der Waals surface area contributed by atoms with Gasteiger partial charge in [-0.25, -0.2) is 4.98 Å². The van der Waals surface area contributed by atoms with Crippen LogP contribution in [0.4, 0.5) is 0 Å². The Morgan fingerprint density at radius 2 is 2.22 bits per heavy atom. The summed E-state index contributed by atoms with van der Waals surface area (Å²) in [6, 6.07) is 1.81. The molecule has 2 aromatic heterocycles. The predicted octanol–water partition coefficient (Wildman–Crippen LogP) is 1.12. The first-order chi connectivity index (χ1) is 8.50. The van der Waals surface area contributed by atoms with Gasteiger partial charge in [0.1, 0.15) is 6.54 Å². The Morgan fingerprint density at radius 1 is 1.50 bits per heavy atom. The summed E-state index contributed by atoms with van der Waals surface area (Å²) < 4.78 is 0.572. The first kappa shape index (κ1) is 12.3. The number of hydrogen-bond acceptors (Lipinski definition) is 5. The molecule has 2 rings (SSSR count). The molecular weight excluding hydrogens is 256 g/mol. The summed E-state index contributed by atoms with van der Waals surface area (Å²) in [4.78, 5) is 26.1. The van der Waals surface area contributed by atoms with Crippen LogP contribution in [0, 0.1) is 6.92 Å². The number of carboxylic acids is 1. The number of carbonyl (C=O) groups is 2. The summed E-state index contributed by atoms with van der Waals surface area (Å²) in [5.41, 5.74) is 0.466. The van der Waals surface area contributed by atoms with E-state index in [1.165, 1.54) is 11.3 Å². The Kier molecular flexibility index (Phi) is 3.15. The number of pyridine rings is 1. The average molecular weight is 266 g/mol. The van der Waals surface area contributed by atoms with Gasteiger partial charge in [-0.05, 0) is 18.4 Å². The van der Waals surface area contributed by atoms with Crippen LogP contribution in [-0.4, -0.2) is 33.6 Å². The Morgan fingerprint density at radius 3 is 2.89 bits per heavy atom. The number of rotatable bonds is 3. The van der Waals surface area contributed by atoms with Crippen molar-refractivity contribution in [3.05, 3.63) is 22.8 Å². The fourth-order valence-corrected chi connectivity index (χ4v) is 2.46. The fourth-order valence-electron chi connectivity index (χ4n) is 1.56. The monoisotopic (exact) mass is 266 g/mol. The van der Waals surface area contributed by atoms with E-state index in [9.17, 15) is 14.7 Å². The third kappa shape index (κ3) is 2.12. The Balaban J connectivity index is 2.41. The van der Waals surface area contributed by atoms with Gasteiger partial charge in [0, 0.05) is 11.1 Å². The summed E-state index contributed by atoms with van der Waals surface area (Å²) >= 11 is 1.30. The molecule has 0 saturated carbocycles. The number of aromatic nitrogens is 1. The quantitative estimate of drug-likeness (QED) is 0.773. The van der Waals surface area contributed by atoms with Crippen LogP contribution in [0.25, 0.3) is 10.1 Å². The van der Waals surface area contributed by atoms with Crippen molar-refractivity contribution in [2.75, 3.05) is 6.54 Å². The zero-order valence-electron chi connectivity index (χ0n) is 9.43. The number of aryl methyl sites for hydroxylation is 1. The van der Waals surface area contributed by atoms with Crippen LogP contribution in [0.15, 0.2) is 11.4 Å². The number of carbonyl (C=O) groups excluding carboxylic acids is 1. The first-order valence-corrected chi connectivity index (χ1v) is 5.95. The molecular formula is C11H10N2O4S. The summed E-state index contributed by atoms with van der Waals surface area (Å²) in [5, 5.41) is 23.2. The highest BCUT2D eigenvalue weighted by molar-refractivity contribution is 7.17. The van der Waals surface area contributed by atoms with Gasteiger partial charge in [0.2, 0.25) is 0 Å². The minimum Gasteiger partial charge on any atom is -0.504 e. The zero-order chi connectivity index (χ0) is 13.3. The molecule has 0 aliphatic rings. The van der Waals surface area contributed by atoms with Crippen molar-refractivity contribution in [2.24, 2.45) is 0 Å². The van der Waals surface area contributed by atoms with E-state index < -0.39 is 18.4 Å². The highest BCUT2D eigenvalue weighted by Crippen LogP contribution is 2.33. The molecule has 18 heavy (non-hydrogen) atoms. The van der Waals surface area contributed by atoms with E-state index in [1.54, 1.807) is 18.4 Å². The van der Waals surface area contributed by atoms with E-state index in [4.69, 9.17) is 5.11 Å². The van der Waals surface area contributed by atoms with Crippen LogP contribution in [0.1, 0.15) is 16.2 Å². The van der Waals surface area contributed by atoms with Gasteiger partial charge in [-0.2, -0.15) is 0 Å². The highest BCUT2D eigenvalue weighted by atomic mass is 32.1. The maximum absolute atomic E-state index is 11.7. The van der Waals surface area contributed by atoms with Crippen molar-refractivity contribution in [3.63, 3.8) is 0 Å². The maximum Gasteiger partial charge on any atom is 0.322 e. The second-order valence-corrected chi connectivity index (χ2v) is 4.55. The van der Waals surface area contributed by atoms with Crippen molar-refractivity contribution in [1.29, 1.82) is 0 Å². The number of nitrogens with zero attached hydrogens (tertiary/aromatic N) is 1. The number of thiophene rings is 1. The zero-order valence-corrected chi connectivity index (χ0v) is 10.2. The van der Waals surface area contributed by atoms with Gasteiger partial charge in [-0.15, -0.1) is 11.3 Å². The third-order valence-corrected chi connectivity index (χ3v) is 3.31. The van der Waals surface area contributed by atoms with Crippen molar-refractivity contribution in [2.45, 2.75) is 6.92 Å². The SMILES string of the molecule is Cc1nc(C(=O)NCC(=O)O)c(O)c2sccc12. The predicted molar refractivity (Wildman–Crippen MR) is 66.0 cm³/mol. The lowest BCUT2D eigenvalue weighted by molar-refractivity contribution is -0.135. The Labute approximate surface area is 106 Å². The molecule has 0 saturated heterocycles. The molecule has 0 spiro atoms. The van der Waals surface area contributed by atoms with Crippen molar-refractivity contribution in [1.82, 2.24) is 10.3 Å². The number of aliphatic carboxylic acids is 1. The van der Waals surface area contributed by atoms with Crippen LogP contribution < -0.4 is 5.32 Å². The molecule has 6 nitrogen and oxygen atoms in total. The van der Waals surface area contributed by atoms with Gasteiger partial charge >= 0.3 is 5.97 Å². The maximum atomic E-state index is 11.7. The van der Waals surface area contributed by atoms with Crippen molar-refractivity contribution in [3.8, 4) is 5.75 Å². The largest absolute Gasteiger partial charge is 0.504 e. The first-order valence-electron chi connectivity index (χ1n) is 5.07. The molecule has 0 aromatic carbocycles. The van der Waals surface area contributed by atoms with E-state index in [0.29, 0.717) is 10.4 Å². The molecule has 2 heterocycles. The summed E-state index contributed by atoms with van der Waals surface area (Å²) in [7, 11) is 0. The minimum absolute atomic E-state index is 0.149. The molecule has 0 bridgehead atoms. The molecule has 1 amide bonds. The number of nitrogens with one attached hydrogen (secondary N) is 1. The number of carboxylic acid groups (broad SMARTS) is 1. The number of hydrogen-bond donors (Lipinski definition) is 3. The van der Waals surface area contributed by atoms with E-state index in [0.717, 1.165) is 5.39 Å². The van der Waals surface area contributed by atoms with Gasteiger partial charge < -0.3 is 15.5 Å². The summed E-state index contributed by atoms with van der Waals surface area (Å²) in [6.45, 7) is 1.21. The summed E-state index contributed by atoms with van der Waals surface area (Å²) in [5.74, 6) is -2.07. The molecule has 0 fully saturated rings. The molecule has 3 N–H and O–H groups in total. The second kappa shape index (κ2) is 4.61. The normalized spacial score (nSPS) is 10.5. The van der Waals surface area contributed by atoms with Gasteiger partial charge in [0.25, 0.3) is 5.91 Å². The number of fused-ring (bicyclic) bond motifs is 1. The second-order valence-electron chi connectivity index (χ2n) is 3.63. The Bertz CT molecular complexity index is 635. The molecule has 0 aliphatic carbocycles. The molecule has 0 aliphatic heterocycles. The lowest BCUT2D eigenvalue weighted by atomic mass is 10.2. The van der Waals surface area contributed by atoms with Gasteiger partial charge in [-0.1, -0.05) is 0 Å². The van der Waals surface area contributed by atoms with Crippen LogP contribution in [0.5, 0.6) is 5.75 Å². The van der Waals surface area contributed by atoms with Gasteiger partial charge in [0.15, 0.2) is 11.4 Å². The third-order valence-electron chi connectivity index (χ3n) is 2.39. The highest BCUT2D eigenvalue weighted by Gasteiger charge is 2.18. The fraction of sp³-hybridized carbons (Fsp3) is 0.182. The van der Waals surface area contributed by atoms with Gasteiger partial charge in [0.05, 0.1) is 4.70 Å². The van der Waals surface area contributed by atoms with Crippen LogP contribution in [0.2, 0.25) is 0 Å². The standard InChI is InChI=1S/C11H10N2O4S/c1-5-6-2-3-18-10(6)9(16)8(13-5)11(17)12-4-7(14)15/h2-3,16H,4H2,1H3,(H,12,17)(H,14,15). The van der Waals surface area contributed by atoms with Crippen LogP contribution in [0.3, 0.4) is 0 Å². The summed E-state index contributed by atoms with van der Waals surface area (Å²) in [6.07, 6.45) is 0. The van der Waals surface area contributed by atoms with E-state index in [2.05, 4.69) is 10.3 Å². The smallest absolute Gasteiger partial charge is 0.322 e. The lowest BCUT2D eigenvalue weighted by Gasteiger charge is -2.06. The number of amides is 1. The lowest BCUT2D eigenvalue weighted by Crippen LogP contribution is -2.30. The average Bonchev–Trinajstić information content (AvgIpc) is 2.80. The molecule has 2 aromatic rings.